The van der Waals surface area contributed by atoms with Crippen LogP contribution >= 0.6 is 0 Å². The first-order chi connectivity index (χ1) is 16.7. The van der Waals surface area contributed by atoms with Crippen LogP contribution in [0.15, 0.2) is 95.4 Å². The smallest absolute Gasteiger partial charge is 0.287 e. The molecule has 0 spiro atoms. The maximum atomic E-state index is 13.2. The lowest BCUT2D eigenvalue weighted by molar-refractivity contribution is 0.0804. The number of aliphatic hydroxyl groups excluding tert-OH is 1. The van der Waals surface area contributed by atoms with Gasteiger partial charge < -0.3 is 14.8 Å². The van der Waals surface area contributed by atoms with Crippen LogP contribution < -0.4 is 5.32 Å². The molecule has 180 valence electrons. The lowest BCUT2D eigenvalue weighted by Gasteiger charge is -2.24. The number of carbonyl (C=O) groups excluding carboxylic acids is 1. The van der Waals surface area contributed by atoms with Crippen molar-refractivity contribution in [3.05, 3.63) is 130 Å². The van der Waals surface area contributed by atoms with Gasteiger partial charge in [-0.3, -0.25) is 4.79 Å². The van der Waals surface area contributed by atoms with Crippen LogP contribution in [-0.2, 0) is 11.8 Å². The molecule has 1 heterocycles. The fourth-order valence-electron chi connectivity index (χ4n) is 4.17. The highest BCUT2D eigenvalue weighted by molar-refractivity contribution is 5.91. The second-order valence-corrected chi connectivity index (χ2v) is 10.1. The number of amides is 1. The normalized spacial score (nSPS) is 13.3. The molecule has 1 aromatic heterocycles. The van der Waals surface area contributed by atoms with E-state index < -0.39 is 12.1 Å². The van der Waals surface area contributed by atoms with Gasteiger partial charge in [-0.1, -0.05) is 99.6 Å². The molecule has 2 atom stereocenters. The number of nitrogens with one attached hydrogen (secondary N) is 1. The fraction of sp³-hybridized carbons (Fsp3) is 0.258. The van der Waals surface area contributed by atoms with Gasteiger partial charge in [0.15, 0.2) is 5.76 Å². The van der Waals surface area contributed by atoms with Crippen molar-refractivity contribution >= 4 is 5.91 Å². The lowest BCUT2D eigenvalue weighted by Crippen LogP contribution is -2.32. The molecule has 4 nitrogen and oxygen atoms in total. The molecular formula is C31H33NO3. The van der Waals surface area contributed by atoms with Crippen molar-refractivity contribution in [2.45, 2.75) is 51.7 Å². The minimum Gasteiger partial charge on any atom is -0.456 e. The maximum absolute atomic E-state index is 13.2. The zero-order chi connectivity index (χ0) is 25.0. The molecule has 4 rings (SSSR count). The highest BCUT2D eigenvalue weighted by Gasteiger charge is 2.26. The number of hydrogen-bond acceptors (Lipinski definition) is 3. The van der Waals surface area contributed by atoms with Crippen molar-refractivity contribution < 1.29 is 14.3 Å². The number of aliphatic hydroxyl groups is 1. The molecule has 0 aliphatic carbocycles. The molecule has 0 fully saturated rings. The number of furan rings is 1. The standard InChI is InChI=1S/C31H33NO3/c1-21-15-16-25(31(2,3)4)19-24(21)20-26-17-18-27(35-26)30(34)32-28(22-11-7-5-8-12-22)29(33)23-13-9-6-10-14-23/h5-19,28-29,33H,20H2,1-4H3,(H,32,34)/t28-,29+/m1/s1. The van der Waals surface area contributed by atoms with Gasteiger partial charge in [-0.25, -0.2) is 0 Å². The van der Waals surface area contributed by atoms with E-state index >= 15 is 0 Å². The van der Waals surface area contributed by atoms with E-state index in [9.17, 15) is 9.90 Å². The summed E-state index contributed by atoms with van der Waals surface area (Å²) >= 11 is 0. The average molecular weight is 468 g/mol. The first-order valence-corrected chi connectivity index (χ1v) is 12.0. The molecule has 0 radical (unpaired) electrons. The van der Waals surface area contributed by atoms with Crippen LogP contribution in [0.5, 0.6) is 0 Å². The van der Waals surface area contributed by atoms with Crippen molar-refractivity contribution in [2.75, 3.05) is 0 Å². The summed E-state index contributed by atoms with van der Waals surface area (Å²) in [6, 6.07) is 28.3. The Labute approximate surface area is 207 Å². The van der Waals surface area contributed by atoms with Crippen LogP contribution in [0.25, 0.3) is 0 Å². The van der Waals surface area contributed by atoms with Gasteiger partial charge in [-0.2, -0.15) is 0 Å². The Morgan fingerprint density at radius 2 is 1.51 bits per heavy atom. The second kappa shape index (κ2) is 10.3. The van der Waals surface area contributed by atoms with Crippen molar-refractivity contribution in [2.24, 2.45) is 0 Å². The molecule has 0 aliphatic rings. The number of carbonyl (C=O) groups is 1. The molecule has 0 saturated carbocycles. The second-order valence-electron chi connectivity index (χ2n) is 10.1. The first kappa shape index (κ1) is 24.5. The Hall–Kier alpha value is -3.63. The third kappa shape index (κ3) is 5.90. The van der Waals surface area contributed by atoms with Gasteiger partial charge in [0.05, 0.1) is 6.04 Å². The average Bonchev–Trinajstić information content (AvgIpc) is 3.32. The predicted octanol–water partition coefficient (Wildman–Crippen LogP) is 6.68. The molecule has 0 aliphatic heterocycles. The Bertz CT molecular complexity index is 1270. The topological polar surface area (TPSA) is 62.5 Å². The summed E-state index contributed by atoms with van der Waals surface area (Å²) in [5, 5.41) is 14.1. The molecule has 35 heavy (non-hydrogen) atoms. The SMILES string of the molecule is Cc1ccc(C(C)(C)C)cc1Cc1ccc(C(=O)N[C@H](c2ccccc2)[C@@H](O)c2ccccc2)o1. The summed E-state index contributed by atoms with van der Waals surface area (Å²) < 4.78 is 5.96. The minimum atomic E-state index is -0.903. The molecule has 0 bridgehead atoms. The van der Waals surface area contributed by atoms with E-state index in [1.165, 1.54) is 16.7 Å². The molecule has 1 amide bonds. The van der Waals surface area contributed by atoms with E-state index in [0.717, 1.165) is 16.9 Å². The van der Waals surface area contributed by atoms with Crippen molar-refractivity contribution in [1.82, 2.24) is 5.32 Å². The van der Waals surface area contributed by atoms with E-state index in [-0.39, 0.29) is 17.1 Å². The molecule has 4 heteroatoms. The zero-order valence-corrected chi connectivity index (χ0v) is 20.8. The molecule has 4 aromatic rings. The van der Waals surface area contributed by atoms with Gasteiger partial charge >= 0.3 is 0 Å². The van der Waals surface area contributed by atoms with Crippen LogP contribution in [-0.4, -0.2) is 11.0 Å². The summed E-state index contributed by atoms with van der Waals surface area (Å²) in [6.45, 7) is 8.69. The van der Waals surface area contributed by atoms with Crippen molar-refractivity contribution in [3.8, 4) is 0 Å². The minimum absolute atomic E-state index is 0.0582. The highest BCUT2D eigenvalue weighted by Crippen LogP contribution is 2.30. The van der Waals surface area contributed by atoms with Gasteiger partial charge in [0.25, 0.3) is 5.91 Å². The van der Waals surface area contributed by atoms with Crippen LogP contribution in [0.4, 0.5) is 0 Å². The Morgan fingerprint density at radius 3 is 2.14 bits per heavy atom. The Balaban J connectivity index is 1.54. The van der Waals surface area contributed by atoms with Gasteiger partial charge in [0, 0.05) is 6.42 Å². The van der Waals surface area contributed by atoms with E-state index in [2.05, 4.69) is 51.2 Å². The van der Waals surface area contributed by atoms with Crippen LogP contribution in [0, 0.1) is 6.92 Å². The molecule has 0 unspecified atom stereocenters. The molecule has 2 N–H and O–H groups in total. The third-order valence-electron chi connectivity index (χ3n) is 6.37. The van der Waals surface area contributed by atoms with Crippen LogP contribution in [0.1, 0.15) is 77.0 Å². The molecule has 3 aromatic carbocycles. The van der Waals surface area contributed by atoms with Crippen molar-refractivity contribution in [3.63, 3.8) is 0 Å². The Morgan fingerprint density at radius 1 is 0.886 bits per heavy atom. The zero-order valence-electron chi connectivity index (χ0n) is 20.8. The molecular weight excluding hydrogens is 434 g/mol. The Kier molecular flexibility index (Phi) is 7.23. The number of aryl methyl sites for hydroxylation is 1. The maximum Gasteiger partial charge on any atom is 0.287 e. The summed E-state index contributed by atoms with van der Waals surface area (Å²) in [5.74, 6) is 0.593. The fourth-order valence-corrected chi connectivity index (χ4v) is 4.17. The monoisotopic (exact) mass is 467 g/mol. The number of hydrogen-bond donors (Lipinski definition) is 2. The van der Waals surface area contributed by atoms with Gasteiger partial charge in [-0.05, 0) is 52.3 Å². The number of rotatable bonds is 7. The molecule has 0 saturated heterocycles. The van der Waals surface area contributed by atoms with E-state index in [0.29, 0.717) is 6.42 Å². The van der Waals surface area contributed by atoms with Gasteiger partial charge in [-0.15, -0.1) is 0 Å². The van der Waals surface area contributed by atoms with E-state index in [4.69, 9.17) is 4.42 Å². The summed E-state index contributed by atoms with van der Waals surface area (Å²) in [5.41, 5.74) is 5.25. The van der Waals surface area contributed by atoms with E-state index in [1.54, 1.807) is 6.07 Å². The first-order valence-electron chi connectivity index (χ1n) is 12.0. The van der Waals surface area contributed by atoms with Crippen LogP contribution in [0.2, 0.25) is 0 Å². The van der Waals surface area contributed by atoms with E-state index in [1.807, 2.05) is 66.7 Å². The highest BCUT2D eigenvalue weighted by atomic mass is 16.4. The van der Waals surface area contributed by atoms with Gasteiger partial charge in [0.2, 0.25) is 0 Å². The van der Waals surface area contributed by atoms with Crippen molar-refractivity contribution in [1.29, 1.82) is 0 Å². The summed E-state index contributed by atoms with van der Waals surface area (Å²) in [7, 11) is 0. The van der Waals surface area contributed by atoms with Crippen LogP contribution in [0.3, 0.4) is 0 Å². The number of benzene rings is 3. The summed E-state index contributed by atoms with van der Waals surface area (Å²) in [6.07, 6.45) is -0.294. The predicted molar refractivity (Wildman–Crippen MR) is 139 cm³/mol. The third-order valence-corrected chi connectivity index (χ3v) is 6.37. The largest absolute Gasteiger partial charge is 0.456 e. The lowest BCUT2D eigenvalue weighted by atomic mass is 9.85. The quantitative estimate of drug-likeness (QED) is 0.319. The van der Waals surface area contributed by atoms with Gasteiger partial charge in [0.1, 0.15) is 11.9 Å². The summed E-state index contributed by atoms with van der Waals surface area (Å²) in [4.78, 5) is 13.2.